The number of nitrogens with zero attached hydrogens (tertiary/aromatic N) is 1. The minimum absolute atomic E-state index is 0.567. The van der Waals surface area contributed by atoms with Crippen LogP contribution in [0.15, 0.2) is 16.9 Å². The predicted octanol–water partition coefficient (Wildman–Crippen LogP) is 1.12. The van der Waals surface area contributed by atoms with E-state index in [1.165, 1.54) is 19.1 Å². The molecule has 1 aromatic rings. The molecule has 1 saturated carbocycles. The van der Waals surface area contributed by atoms with Crippen molar-refractivity contribution in [3.63, 3.8) is 0 Å². The van der Waals surface area contributed by atoms with Gasteiger partial charge in [-0.05, 0) is 25.1 Å². The first-order valence-electron chi connectivity index (χ1n) is 3.82. The molecule has 5 heteroatoms. The van der Waals surface area contributed by atoms with E-state index in [-0.39, 0.29) is 0 Å². The van der Waals surface area contributed by atoms with Crippen molar-refractivity contribution in [2.75, 3.05) is 5.32 Å². The van der Waals surface area contributed by atoms with Crippen LogP contribution in [-0.2, 0) is 0 Å². The van der Waals surface area contributed by atoms with Crippen molar-refractivity contribution in [1.29, 1.82) is 0 Å². The van der Waals surface area contributed by atoms with Crippen molar-refractivity contribution >= 4 is 23.1 Å². The van der Waals surface area contributed by atoms with Gasteiger partial charge in [0.1, 0.15) is 6.26 Å². The number of rotatable bonds is 2. The maximum absolute atomic E-state index is 5.01. The molecule has 1 aliphatic rings. The van der Waals surface area contributed by atoms with Gasteiger partial charge in [-0.15, -0.1) is 0 Å². The van der Waals surface area contributed by atoms with Crippen LogP contribution in [0.25, 0.3) is 0 Å². The number of hydrogen-bond acceptors (Lipinski definition) is 3. The Morgan fingerprint density at radius 2 is 2.50 bits per heavy atom. The molecule has 0 atom stereocenters. The molecular weight excluding hydrogens is 174 g/mol. The second kappa shape index (κ2) is 3.10. The molecule has 0 spiro atoms. The SMILES string of the molecule is S=C(Nc1ccon1)NC1CC1. The lowest BCUT2D eigenvalue weighted by molar-refractivity contribution is 0.423. The molecule has 1 heterocycles. The Morgan fingerprint density at radius 1 is 1.67 bits per heavy atom. The summed E-state index contributed by atoms with van der Waals surface area (Å²) in [6, 6.07) is 2.29. The molecule has 2 N–H and O–H groups in total. The minimum atomic E-state index is 0.567. The lowest BCUT2D eigenvalue weighted by Gasteiger charge is -2.05. The highest BCUT2D eigenvalue weighted by atomic mass is 32.1. The molecule has 0 aliphatic heterocycles. The summed E-state index contributed by atoms with van der Waals surface area (Å²) in [5.74, 6) is 0.646. The summed E-state index contributed by atoms with van der Waals surface area (Å²) in [6.07, 6.45) is 3.92. The van der Waals surface area contributed by atoms with Crippen molar-refractivity contribution in [1.82, 2.24) is 10.5 Å². The number of anilines is 1. The molecule has 2 rings (SSSR count). The summed E-state index contributed by atoms with van der Waals surface area (Å²) < 4.78 is 4.64. The third kappa shape index (κ3) is 1.94. The van der Waals surface area contributed by atoms with Crippen LogP contribution in [0, 0.1) is 0 Å². The van der Waals surface area contributed by atoms with Crippen molar-refractivity contribution in [2.45, 2.75) is 18.9 Å². The first kappa shape index (κ1) is 7.54. The first-order valence-corrected chi connectivity index (χ1v) is 4.23. The fraction of sp³-hybridized carbons (Fsp3) is 0.429. The van der Waals surface area contributed by atoms with Gasteiger partial charge in [0.25, 0.3) is 0 Å². The fourth-order valence-corrected chi connectivity index (χ4v) is 1.11. The van der Waals surface area contributed by atoms with Gasteiger partial charge in [0.2, 0.25) is 0 Å². The van der Waals surface area contributed by atoms with Gasteiger partial charge < -0.3 is 15.2 Å². The molecule has 64 valence electrons. The van der Waals surface area contributed by atoms with Gasteiger partial charge in [0.15, 0.2) is 10.9 Å². The first-order chi connectivity index (χ1) is 5.84. The molecule has 4 nitrogen and oxygen atoms in total. The van der Waals surface area contributed by atoms with Crippen molar-refractivity contribution in [3.05, 3.63) is 12.3 Å². The Balaban J connectivity index is 1.82. The highest BCUT2D eigenvalue weighted by molar-refractivity contribution is 7.80. The number of hydrogen-bond donors (Lipinski definition) is 2. The van der Waals surface area contributed by atoms with Crippen molar-refractivity contribution in [2.24, 2.45) is 0 Å². The predicted molar refractivity (Wildman–Crippen MR) is 48.9 cm³/mol. The van der Waals surface area contributed by atoms with E-state index in [0.717, 1.165) is 0 Å². The van der Waals surface area contributed by atoms with E-state index in [2.05, 4.69) is 20.3 Å². The van der Waals surface area contributed by atoms with Crippen LogP contribution in [-0.4, -0.2) is 16.3 Å². The van der Waals surface area contributed by atoms with Gasteiger partial charge in [-0.2, -0.15) is 0 Å². The van der Waals surface area contributed by atoms with Crippen LogP contribution < -0.4 is 10.6 Å². The molecule has 0 unspecified atom stereocenters. The van der Waals surface area contributed by atoms with Crippen LogP contribution >= 0.6 is 12.2 Å². The van der Waals surface area contributed by atoms with Gasteiger partial charge in [-0.25, -0.2) is 0 Å². The quantitative estimate of drug-likeness (QED) is 0.673. The van der Waals surface area contributed by atoms with Crippen LogP contribution in [0.3, 0.4) is 0 Å². The van der Waals surface area contributed by atoms with Gasteiger partial charge in [-0.1, -0.05) is 5.16 Å². The second-order valence-electron chi connectivity index (χ2n) is 2.76. The summed E-state index contributed by atoms with van der Waals surface area (Å²) in [6.45, 7) is 0. The molecule has 12 heavy (non-hydrogen) atoms. The number of nitrogens with one attached hydrogen (secondary N) is 2. The second-order valence-corrected chi connectivity index (χ2v) is 3.17. The Morgan fingerprint density at radius 3 is 3.08 bits per heavy atom. The normalized spacial score (nSPS) is 15.7. The molecule has 0 amide bonds. The van der Waals surface area contributed by atoms with Crippen LogP contribution in [0.4, 0.5) is 5.82 Å². The van der Waals surface area contributed by atoms with Gasteiger partial charge in [0, 0.05) is 12.1 Å². The summed E-state index contributed by atoms with van der Waals surface area (Å²) in [5, 5.41) is 10.3. The van der Waals surface area contributed by atoms with Crippen LogP contribution in [0.1, 0.15) is 12.8 Å². The molecule has 0 aromatic carbocycles. The zero-order valence-corrected chi connectivity index (χ0v) is 7.23. The molecule has 1 aromatic heterocycles. The van der Waals surface area contributed by atoms with E-state index in [4.69, 9.17) is 12.2 Å². The van der Waals surface area contributed by atoms with E-state index in [1.807, 2.05) is 0 Å². The van der Waals surface area contributed by atoms with Gasteiger partial charge in [-0.3, -0.25) is 0 Å². The Hall–Kier alpha value is -1.10. The van der Waals surface area contributed by atoms with E-state index >= 15 is 0 Å². The maximum atomic E-state index is 5.01. The topological polar surface area (TPSA) is 50.1 Å². The zero-order valence-electron chi connectivity index (χ0n) is 6.41. The largest absolute Gasteiger partial charge is 0.363 e. The fourth-order valence-electron chi connectivity index (χ4n) is 0.842. The average molecular weight is 183 g/mol. The van der Waals surface area contributed by atoms with E-state index in [9.17, 15) is 0 Å². The van der Waals surface area contributed by atoms with Crippen LogP contribution in [0.5, 0.6) is 0 Å². The van der Waals surface area contributed by atoms with E-state index in [0.29, 0.717) is 17.0 Å². The van der Waals surface area contributed by atoms with Gasteiger partial charge >= 0.3 is 0 Å². The van der Waals surface area contributed by atoms with Crippen molar-refractivity contribution < 1.29 is 4.52 Å². The van der Waals surface area contributed by atoms with Crippen LogP contribution in [0.2, 0.25) is 0 Å². The summed E-state index contributed by atoms with van der Waals surface area (Å²) in [7, 11) is 0. The monoisotopic (exact) mass is 183 g/mol. The lowest BCUT2D eigenvalue weighted by atomic mass is 10.6. The van der Waals surface area contributed by atoms with Crippen molar-refractivity contribution in [3.8, 4) is 0 Å². The minimum Gasteiger partial charge on any atom is -0.363 e. The molecular formula is C7H9N3OS. The highest BCUT2D eigenvalue weighted by Crippen LogP contribution is 2.18. The zero-order chi connectivity index (χ0) is 8.39. The third-order valence-corrected chi connectivity index (χ3v) is 1.81. The van der Waals surface area contributed by atoms with Gasteiger partial charge in [0.05, 0.1) is 0 Å². The Bertz CT molecular complexity index is 268. The smallest absolute Gasteiger partial charge is 0.175 e. The van der Waals surface area contributed by atoms with E-state index < -0.39 is 0 Å². The highest BCUT2D eigenvalue weighted by Gasteiger charge is 2.21. The molecule has 0 bridgehead atoms. The lowest BCUT2D eigenvalue weighted by Crippen LogP contribution is -2.30. The third-order valence-electron chi connectivity index (χ3n) is 1.59. The average Bonchev–Trinajstić information content (AvgIpc) is 2.66. The maximum Gasteiger partial charge on any atom is 0.175 e. The number of thiocarbonyl (C=S) groups is 1. The summed E-state index contributed by atoms with van der Waals surface area (Å²) in [5.41, 5.74) is 0. The molecule has 0 saturated heterocycles. The molecule has 0 radical (unpaired) electrons. The van der Waals surface area contributed by atoms with E-state index in [1.54, 1.807) is 6.07 Å². The Labute approximate surface area is 75.3 Å². The molecule has 1 fully saturated rings. The summed E-state index contributed by atoms with van der Waals surface area (Å²) in [4.78, 5) is 0. The number of aromatic nitrogens is 1. The standard InChI is InChI=1S/C7H9N3OS/c12-7(8-5-1-2-5)9-6-3-4-11-10-6/h3-5H,1-2H2,(H2,8,9,10,12). The summed E-state index contributed by atoms with van der Waals surface area (Å²) >= 11 is 5.01. The Kier molecular flexibility index (Phi) is 1.95. The molecule has 1 aliphatic carbocycles.